The van der Waals surface area contributed by atoms with Gasteiger partial charge in [-0.05, 0) is 26.8 Å². The van der Waals surface area contributed by atoms with E-state index in [1.807, 2.05) is 0 Å². The molecule has 0 radical (unpaired) electrons. The van der Waals surface area contributed by atoms with E-state index in [2.05, 4.69) is 4.98 Å². The van der Waals surface area contributed by atoms with Gasteiger partial charge in [-0.2, -0.15) is 4.98 Å². The third kappa shape index (κ3) is 4.72. The second-order valence-corrected chi connectivity index (χ2v) is 8.12. The lowest BCUT2D eigenvalue weighted by atomic mass is 9.98. The van der Waals surface area contributed by atoms with Gasteiger partial charge in [0.25, 0.3) is 0 Å². The number of nitrogens with two attached hydrogens (primary N) is 1. The number of nitrogens with zero attached hydrogens (tertiary/aromatic N) is 2. The molecule has 140 valence electrons. The maximum absolute atomic E-state index is 11.9. The van der Waals surface area contributed by atoms with Gasteiger partial charge in [0, 0.05) is 6.20 Å². The topological polar surface area (TPSA) is 137 Å². The SMILES string of the molecule is CC(C)(C)C(=O)OCOC[C@H]1S[C@@H](n2ccc(N)nc2=O)C(O)C1O. The van der Waals surface area contributed by atoms with Crippen molar-refractivity contribution in [1.29, 1.82) is 0 Å². The molecule has 0 bridgehead atoms. The maximum Gasteiger partial charge on any atom is 0.350 e. The zero-order valence-electron chi connectivity index (χ0n) is 14.3. The highest BCUT2D eigenvalue weighted by Crippen LogP contribution is 2.41. The van der Waals surface area contributed by atoms with Crippen LogP contribution in [0.1, 0.15) is 26.1 Å². The summed E-state index contributed by atoms with van der Waals surface area (Å²) in [6.07, 6.45) is -0.844. The van der Waals surface area contributed by atoms with E-state index in [1.54, 1.807) is 20.8 Å². The zero-order valence-corrected chi connectivity index (χ0v) is 15.1. The summed E-state index contributed by atoms with van der Waals surface area (Å²) in [6, 6.07) is 1.44. The third-order valence-corrected chi connectivity index (χ3v) is 5.18. The molecular weight excluding hydrogens is 350 g/mol. The van der Waals surface area contributed by atoms with Crippen LogP contribution in [0.15, 0.2) is 17.1 Å². The molecule has 0 aromatic carbocycles. The van der Waals surface area contributed by atoms with E-state index in [1.165, 1.54) is 28.6 Å². The van der Waals surface area contributed by atoms with Gasteiger partial charge in [0.05, 0.1) is 23.4 Å². The molecule has 1 fully saturated rings. The van der Waals surface area contributed by atoms with Gasteiger partial charge in [-0.15, -0.1) is 11.8 Å². The van der Waals surface area contributed by atoms with Gasteiger partial charge in [-0.3, -0.25) is 9.36 Å². The molecule has 1 aromatic heterocycles. The second kappa shape index (κ2) is 7.73. The van der Waals surface area contributed by atoms with Gasteiger partial charge >= 0.3 is 11.7 Å². The number of carbonyl (C=O) groups is 1. The fourth-order valence-electron chi connectivity index (χ4n) is 2.19. The zero-order chi connectivity index (χ0) is 18.8. The van der Waals surface area contributed by atoms with Crippen molar-refractivity contribution in [2.45, 2.75) is 43.6 Å². The quantitative estimate of drug-likeness (QED) is 0.361. The molecule has 1 aliphatic heterocycles. The van der Waals surface area contributed by atoms with Crippen LogP contribution in [0.2, 0.25) is 0 Å². The molecule has 0 spiro atoms. The smallest absolute Gasteiger partial charge is 0.350 e. The summed E-state index contributed by atoms with van der Waals surface area (Å²) < 4.78 is 11.5. The van der Waals surface area contributed by atoms with E-state index in [4.69, 9.17) is 15.2 Å². The van der Waals surface area contributed by atoms with E-state index < -0.39 is 39.9 Å². The summed E-state index contributed by atoms with van der Waals surface area (Å²) in [5, 5.41) is 19.2. The fraction of sp³-hybridized carbons (Fsp3) is 0.667. The number of esters is 1. The first-order valence-electron chi connectivity index (χ1n) is 7.72. The minimum absolute atomic E-state index is 0.0496. The number of anilines is 1. The molecule has 2 heterocycles. The van der Waals surface area contributed by atoms with Crippen molar-refractivity contribution < 1.29 is 24.5 Å². The van der Waals surface area contributed by atoms with Crippen LogP contribution in [-0.2, 0) is 14.3 Å². The number of hydrogen-bond acceptors (Lipinski definition) is 9. The minimum atomic E-state index is -1.17. The maximum atomic E-state index is 11.9. The highest BCUT2D eigenvalue weighted by Gasteiger charge is 2.43. The molecule has 4 atom stereocenters. The Morgan fingerprint density at radius 2 is 2.08 bits per heavy atom. The van der Waals surface area contributed by atoms with Crippen LogP contribution in [0.25, 0.3) is 0 Å². The van der Waals surface area contributed by atoms with E-state index in [9.17, 15) is 19.8 Å². The Balaban J connectivity index is 1.91. The Morgan fingerprint density at radius 3 is 2.68 bits per heavy atom. The number of rotatable bonds is 5. The monoisotopic (exact) mass is 373 g/mol. The molecule has 9 nitrogen and oxygen atoms in total. The highest BCUT2D eigenvalue weighted by molar-refractivity contribution is 8.00. The highest BCUT2D eigenvalue weighted by atomic mass is 32.2. The van der Waals surface area contributed by atoms with E-state index >= 15 is 0 Å². The van der Waals surface area contributed by atoms with Gasteiger partial charge in [-0.1, -0.05) is 0 Å². The number of ether oxygens (including phenoxy) is 2. The van der Waals surface area contributed by atoms with Crippen LogP contribution in [0.4, 0.5) is 5.82 Å². The van der Waals surface area contributed by atoms with E-state index in [0.717, 1.165) is 0 Å². The van der Waals surface area contributed by atoms with Gasteiger partial charge in [-0.25, -0.2) is 4.79 Å². The predicted octanol–water partition coefficient (Wildman–Crippen LogP) is -0.275. The Kier molecular flexibility index (Phi) is 6.09. The number of nitrogen functional groups attached to an aromatic ring is 1. The summed E-state index contributed by atoms with van der Waals surface area (Å²) in [7, 11) is 0. The van der Waals surface area contributed by atoms with Crippen LogP contribution in [-0.4, -0.2) is 56.6 Å². The largest absolute Gasteiger partial charge is 0.438 e. The Bertz CT molecular complexity index is 674. The summed E-state index contributed by atoms with van der Waals surface area (Å²) in [5.41, 5.74) is 4.21. The number of carbonyl (C=O) groups excluding carboxylic acids is 1. The van der Waals surface area contributed by atoms with E-state index in [0.29, 0.717) is 0 Å². The molecule has 10 heteroatoms. The first-order chi connectivity index (χ1) is 11.6. The standard InChI is InChI=1S/C15H23N3O6S/c1-15(2,3)13(21)24-7-23-6-8-10(19)11(20)12(25-8)18-5-4-9(16)17-14(18)22/h4-5,8,10-12,19-20H,6-7H2,1-3H3,(H2,16,17,22)/t8-,10?,11?,12-/m1/s1. The molecule has 0 amide bonds. The Labute approximate surface area is 149 Å². The van der Waals surface area contributed by atoms with Crippen molar-refractivity contribution in [1.82, 2.24) is 9.55 Å². The average molecular weight is 373 g/mol. The van der Waals surface area contributed by atoms with Crippen molar-refractivity contribution in [3.8, 4) is 0 Å². The summed E-state index contributed by atoms with van der Waals surface area (Å²) >= 11 is 1.18. The lowest BCUT2D eigenvalue weighted by molar-refractivity contribution is -0.166. The van der Waals surface area contributed by atoms with Crippen molar-refractivity contribution >= 4 is 23.5 Å². The number of aliphatic hydroxyl groups is 2. The van der Waals surface area contributed by atoms with Crippen molar-refractivity contribution in [3.05, 3.63) is 22.7 Å². The summed E-state index contributed by atoms with van der Waals surface area (Å²) in [5.74, 6) is -0.315. The van der Waals surface area contributed by atoms with Crippen molar-refractivity contribution in [3.63, 3.8) is 0 Å². The van der Waals surface area contributed by atoms with Crippen molar-refractivity contribution in [2.75, 3.05) is 19.1 Å². The molecule has 1 aliphatic rings. The van der Waals surface area contributed by atoms with Crippen LogP contribution >= 0.6 is 11.8 Å². The van der Waals surface area contributed by atoms with Crippen LogP contribution in [0, 0.1) is 5.41 Å². The van der Waals surface area contributed by atoms with Crippen molar-refractivity contribution in [2.24, 2.45) is 5.41 Å². The van der Waals surface area contributed by atoms with E-state index in [-0.39, 0.29) is 19.2 Å². The average Bonchev–Trinajstić information content (AvgIpc) is 2.79. The molecule has 1 saturated heterocycles. The van der Waals surface area contributed by atoms with Crippen LogP contribution in [0.5, 0.6) is 0 Å². The van der Waals surface area contributed by atoms with Gasteiger partial charge in [0.15, 0.2) is 6.79 Å². The normalized spacial score (nSPS) is 26.6. The molecule has 2 unspecified atom stereocenters. The molecule has 2 rings (SSSR count). The second-order valence-electron chi connectivity index (χ2n) is 6.76. The Morgan fingerprint density at radius 1 is 1.40 bits per heavy atom. The Hall–Kier alpha value is -1.62. The van der Waals surface area contributed by atoms with Crippen LogP contribution in [0.3, 0.4) is 0 Å². The first kappa shape index (κ1) is 19.7. The molecule has 0 saturated carbocycles. The number of aliphatic hydroxyl groups excluding tert-OH is 2. The fourth-order valence-corrected chi connectivity index (χ4v) is 3.66. The molecule has 4 N–H and O–H groups in total. The van der Waals surface area contributed by atoms with Crippen LogP contribution < -0.4 is 11.4 Å². The molecule has 1 aromatic rings. The lowest BCUT2D eigenvalue weighted by Gasteiger charge is -2.18. The predicted molar refractivity (Wildman–Crippen MR) is 91.7 cm³/mol. The molecular formula is C15H23N3O6S. The van der Waals surface area contributed by atoms with Gasteiger partial charge < -0.3 is 25.4 Å². The van der Waals surface area contributed by atoms with Gasteiger partial charge in [0.2, 0.25) is 0 Å². The number of aromatic nitrogens is 2. The third-order valence-electron chi connectivity index (χ3n) is 3.63. The molecule has 25 heavy (non-hydrogen) atoms. The number of thioether (sulfide) groups is 1. The lowest BCUT2D eigenvalue weighted by Crippen LogP contribution is -2.36. The van der Waals surface area contributed by atoms with Gasteiger partial charge in [0.1, 0.15) is 17.3 Å². The summed E-state index contributed by atoms with van der Waals surface area (Å²) in [4.78, 5) is 27.1. The summed E-state index contributed by atoms with van der Waals surface area (Å²) in [6.45, 7) is 4.99. The molecule has 0 aliphatic carbocycles. The minimum Gasteiger partial charge on any atom is -0.438 e. The number of hydrogen-bond donors (Lipinski definition) is 3. The first-order valence-corrected chi connectivity index (χ1v) is 8.67.